The van der Waals surface area contributed by atoms with Gasteiger partial charge in [0, 0.05) is 22.0 Å². The molecule has 0 saturated heterocycles. The molecular formula is C20H32OS. The van der Waals surface area contributed by atoms with E-state index in [1.54, 1.807) is 0 Å². The molecule has 1 rings (SSSR count). The lowest BCUT2D eigenvalue weighted by Crippen LogP contribution is -2.27. The lowest BCUT2D eigenvalue weighted by atomic mass is 9.86. The highest BCUT2D eigenvalue weighted by atomic mass is 32.2. The zero-order chi connectivity index (χ0) is 17.1. The van der Waals surface area contributed by atoms with Crippen LogP contribution in [0.15, 0.2) is 17.0 Å². The molecule has 0 heterocycles. The summed E-state index contributed by atoms with van der Waals surface area (Å²) in [6, 6.07) is 4.49. The quantitative estimate of drug-likeness (QED) is 0.587. The van der Waals surface area contributed by atoms with Gasteiger partial charge in [0.25, 0.3) is 0 Å². The van der Waals surface area contributed by atoms with Crippen LogP contribution in [-0.2, 0) is 4.79 Å². The van der Waals surface area contributed by atoms with Crippen LogP contribution < -0.4 is 0 Å². The summed E-state index contributed by atoms with van der Waals surface area (Å²) in [4.78, 5) is 13.9. The number of thioether (sulfide) groups is 1. The molecule has 0 radical (unpaired) electrons. The fraction of sp³-hybridized carbons (Fsp3) is 0.650. The van der Waals surface area contributed by atoms with Crippen molar-refractivity contribution >= 4 is 17.5 Å². The molecule has 124 valence electrons. The van der Waals surface area contributed by atoms with Crippen LogP contribution in [0.25, 0.3) is 0 Å². The molecule has 0 aliphatic rings. The number of rotatable bonds is 6. The third-order valence-corrected chi connectivity index (χ3v) is 6.19. The van der Waals surface area contributed by atoms with Gasteiger partial charge in [0.2, 0.25) is 0 Å². The number of carbonyl (C=O) groups is 1. The molecule has 22 heavy (non-hydrogen) atoms. The zero-order valence-electron chi connectivity index (χ0n) is 15.5. The summed E-state index contributed by atoms with van der Waals surface area (Å²) in [5.74, 6) is 0.907. The molecule has 0 amide bonds. The predicted molar refractivity (Wildman–Crippen MR) is 98.8 cm³/mol. The van der Waals surface area contributed by atoms with Crippen molar-refractivity contribution in [3.63, 3.8) is 0 Å². The van der Waals surface area contributed by atoms with Crippen LogP contribution in [0.3, 0.4) is 0 Å². The number of benzene rings is 1. The molecule has 0 aliphatic heterocycles. The normalized spacial score (nSPS) is 14.7. The van der Waals surface area contributed by atoms with Crippen LogP contribution in [0.4, 0.5) is 0 Å². The standard InChI is InChI=1S/C20H32OS/c1-9-14(3)17(12-18(21)20(6,7)8)22-19-15(4)10-13(2)11-16(19)5/h10-11,14,17H,9,12H2,1-8H3/t14-,17+/m1/s1. The summed E-state index contributed by atoms with van der Waals surface area (Å²) in [6.07, 6.45) is 1.77. The van der Waals surface area contributed by atoms with E-state index in [9.17, 15) is 4.79 Å². The van der Waals surface area contributed by atoms with Crippen LogP contribution in [-0.4, -0.2) is 11.0 Å². The molecule has 0 N–H and O–H groups in total. The second-order valence-electron chi connectivity index (χ2n) is 7.65. The Balaban J connectivity index is 3.03. The van der Waals surface area contributed by atoms with Gasteiger partial charge in [-0.1, -0.05) is 58.7 Å². The van der Waals surface area contributed by atoms with E-state index >= 15 is 0 Å². The Hall–Kier alpha value is -0.760. The molecule has 0 unspecified atom stereocenters. The molecule has 0 fully saturated rings. The second kappa shape index (κ2) is 7.68. The van der Waals surface area contributed by atoms with Crippen molar-refractivity contribution in [3.05, 3.63) is 28.8 Å². The monoisotopic (exact) mass is 320 g/mol. The van der Waals surface area contributed by atoms with Gasteiger partial charge in [0.1, 0.15) is 5.78 Å². The van der Waals surface area contributed by atoms with Gasteiger partial charge in [0.05, 0.1) is 0 Å². The molecule has 1 aromatic carbocycles. The fourth-order valence-corrected chi connectivity index (χ4v) is 4.07. The minimum Gasteiger partial charge on any atom is -0.299 e. The summed E-state index contributed by atoms with van der Waals surface area (Å²) in [5.41, 5.74) is 3.73. The molecule has 1 nitrogen and oxygen atoms in total. The second-order valence-corrected chi connectivity index (χ2v) is 8.90. The predicted octanol–water partition coefficient (Wildman–Crippen LogP) is 6.12. The Morgan fingerprint density at radius 2 is 1.64 bits per heavy atom. The highest BCUT2D eigenvalue weighted by molar-refractivity contribution is 8.00. The maximum atomic E-state index is 12.5. The minimum absolute atomic E-state index is 0.246. The molecule has 0 spiro atoms. The maximum Gasteiger partial charge on any atom is 0.139 e. The lowest BCUT2D eigenvalue weighted by molar-refractivity contribution is -0.126. The average Bonchev–Trinajstić information content (AvgIpc) is 2.39. The van der Waals surface area contributed by atoms with Crippen molar-refractivity contribution < 1.29 is 4.79 Å². The third kappa shape index (κ3) is 5.15. The van der Waals surface area contributed by atoms with Gasteiger partial charge in [-0.25, -0.2) is 0 Å². The van der Waals surface area contributed by atoms with Crippen molar-refractivity contribution in [1.29, 1.82) is 0 Å². The molecule has 0 bridgehead atoms. The van der Waals surface area contributed by atoms with Crippen LogP contribution in [0.5, 0.6) is 0 Å². The van der Waals surface area contributed by atoms with E-state index in [2.05, 4.69) is 46.8 Å². The van der Waals surface area contributed by atoms with Crippen LogP contribution in [0, 0.1) is 32.1 Å². The Morgan fingerprint density at radius 1 is 1.14 bits per heavy atom. The number of hydrogen-bond donors (Lipinski definition) is 0. The lowest BCUT2D eigenvalue weighted by Gasteiger charge is -2.27. The number of Topliss-reactive ketones (excluding diaryl/α,β-unsaturated/α-hetero) is 1. The first-order chi connectivity index (χ1) is 10.1. The average molecular weight is 321 g/mol. The Morgan fingerprint density at radius 3 is 2.05 bits per heavy atom. The van der Waals surface area contributed by atoms with E-state index in [1.165, 1.54) is 21.6 Å². The first-order valence-electron chi connectivity index (χ1n) is 8.34. The highest BCUT2D eigenvalue weighted by Crippen LogP contribution is 2.37. The van der Waals surface area contributed by atoms with Gasteiger partial charge in [-0.05, 0) is 37.8 Å². The highest BCUT2D eigenvalue weighted by Gasteiger charge is 2.28. The van der Waals surface area contributed by atoms with Gasteiger partial charge in [0.15, 0.2) is 0 Å². The molecule has 2 heteroatoms. The van der Waals surface area contributed by atoms with Crippen molar-refractivity contribution in [2.75, 3.05) is 0 Å². The fourth-order valence-electron chi connectivity index (χ4n) is 2.61. The number of carbonyl (C=O) groups excluding carboxylic acids is 1. The summed E-state index contributed by atoms with van der Waals surface area (Å²) < 4.78 is 0. The molecular weight excluding hydrogens is 288 g/mol. The first-order valence-corrected chi connectivity index (χ1v) is 9.22. The summed E-state index contributed by atoms with van der Waals surface area (Å²) in [7, 11) is 0. The van der Waals surface area contributed by atoms with Gasteiger partial charge in [-0.2, -0.15) is 0 Å². The SMILES string of the molecule is CC[C@@H](C)[C@H](CC(=O)C(C)(C)C)Sc1c(C)cc(C)cc1C. The number of ketones is 1. The first kappa shape index (κ1) is 19.3. The van der Waals surface area contributed by atoms with Gasteiger partial charge in [-0.15, -0.1) is 11.8 Å². The van der Waals surface area contributed by atoms with E-state index in [-0.39, 0.29) is 5.41 Å². The summed E-state index contributed by atoms with van der Waals surface area (Å²) >= 11 is 1.91. The zero-order valence-corrected chi connectivity index (χ0v) is 16.4. The van der Waals surface area contributed by atoms with E-state index < -0.39 is 0 Å². The largest absolute Gasteiger partial charge is 0.299 e. The summed E-state index contributed by atoms with van der Waals surface area (Å²) in [5, 5.41) is 0.358. The maximum absolute atomic E-state index is 12.5. The smallest absolute Gasteiger partial charge is 0.139 e. The molecule has 1 aromatic rings. The molecule has 0 saturated carbocycles. The van der Waals surface area contributed by atoms with E-state index in [0.717, 1.165) is 6.42 Å². The van der Waals surface area contributed by atoms with Crippen molar-refractivity contribution in [1.82, 2.24) is 0 Å². The Bertz CT molecular complexity index is 502. The van der Waals surface area contributed by atoms with Gasteiger partial charge < -0.3 is 0 Å². The van der Waals surface area contributed by atoms with Gasteiger partial charge in [-0.3, -0.25) is 4.79 Å². The van der Waals surface area contributed by atoms with Crippen molar-refractivity contribution in [3.8, 4) is 0 Å². The van der Waals surface area contributed by atoms with Crippen LogP contribution in [0.2, 0.25) is 0 Å². The molecule has 0 aromatic heterocycles. The molecule has 0 aliphatic carbocycles. The number of aryl methyl sites for hydroxylation is 3. The van der Waals surface area contributed by atoms with E-state index in [4.69, 9.17) is 0 Å². The third-order valence-electron chi connectivity index (χ3n) is 4.38. The number of hydrogen-bond acceptors (Lipinski definition) is 2. The van der Waals surface area contributed by atoms with Crippen LogP contribution >= 0.6 is 11.8 Å². The molecule has 2 atom stereocenters. The Labute approximate surface area is 141 Å². The Kier molecular flexibility index (Phi) is 6.73. The van der Waals surface area contributed by atoms with Crippen molar-refractivity contribution in [2.45, 2.75) is 78.4 Å². The van der Waals surface area contributed by atoms with Crippen molar-refractivity contribution in [2.24, 2.45) is 11.3 Å². The van der Waals surface area contributed by atoms with E-state index in [1.807, 2.05) is 32.5 Å². The summed E-state index contributed by atoms with van der Waals surface area (Å²) in [6.45, 7) is 17.1. The minimum atomic E-state index is -0.246. The van der Waals surface area contributed by atoms with Gasteiger partial charge >= 0.3 is 0 Å². The van der Waals surface area contributed by atoms with Crippen LogP contribution in [0.1, 0.15) is 64.2 Å². The van der Waals surface area contributed by atoms with E-state index in [0.29, 0.717) is 23.4 Å². The topological polar surface area (TPSA) is 17.1 Å².